The number of amides is 1. The van der Waals surface area contributed by atoms with Gasteiger partial charge in [-0.1, -0.05) is 41.6 Å². The van der Waals surface area contributed by atoms with Crippen molar-refractivity contribution in [2.75, 3.05) is 31.1 Å². The minimum absolute atomic E-state index is 0.0918. The second-order valence-corrected chi connectivity index (χ2v) is 7.64. The molecule has 1 saturated heterocycles. The number of aromatic nitrogens is 1. The zero-order chi connectivity index (χ0) is 22.9. The van der Waals surface area contributed by atoms with Crippen LogP contribution in [0.25, 0.3) is 11.3 Å². The normalized spacial score (nSPS) is 15.7. The highest BCUT2D eigenvalue weighted by Gasteiger charge is 2.33. The number of alkyl halides is 3. The topological polar surface area (TPSA) is 69.8 Å². The summed E-state index contributed by atoms with van der Waals surface area (Å²) in [5.41, 5.74) is 1.01. The van der Waals surface area contributed by atoms with Crippen molar-refractivity contribution in [3.8, 4) is 11.3 Å². The molecule has 1 aliphatic rings. The van der Waals surface area contributed by atoms with Gasteiger partial charge in [0.15, 0.2) is 5.76 Å². The van der Waals surface area contributed by atoms with Crippen LogP contribution in [0.15, 0.2) is 59.1 Å². The van der Waals surface area contributed by atoms with E-state index in [1.807, 2.05) is 23.1 Å². The Bertz CT molecular complexity index is 1090. The van der Waals surface area contributed by atoms with Crippen LogP contribution in [0.3, 0.4) is 0 Å². The molecule has 0 unspecified atom stereocenters. The van der Waals surface area contributed by atoms with Gasteiger partial charge in [0.05, 0.1) is 5.56 Å². The molecule has 32 heavy (non-hydrogen) atoms. The van der Waals surface area contributed by atoms with Crippen LogP contribution in [-0.4, -0.2) is 47.2 Å². The lowest BCUT2D eigenvalue weighted by atomic mass is 10.0. The lowest BCUT2D eigenvalue weighted by Gasteiger charge is -2.36. The number of hydrogen-bond donors (Lipinski definition) is 1. The van der Waals surface area contributed by atoms with Crippen molar-refractivity contribution in [1.29, 1.82) is 0 Å². The first kappa shape index (κ1) is 21.9. The Balaban J connectivity index is 1.54. The van der Waals surface area contributed by atoms with Crippen molar-refractivity contribution in [3.63, 3.8) is 0 Å². The standard InChI is InChI=1S/C23H22F3N3O3/c1-15(30)21-19(20(27-32-21)16-6-3-2-4-7-16)22(31)29-12-10-28(11-13-29)18-9-5-8-17(14-18)23(24,25)26/h2-9,14-15,30H,10-13H2,1H3/t15-/m0/s1. The van der Waals surface area contributed by atoms with Gasteiger partial charge in [-0.05, 0) is 25.1 Å². The maximum absolute atomic E-state index is 13.4. The van der Waals surface area contributed by atoms with Gasteiger partial charge in [-0.2, -0.15) is 13.2 Å². The Morgan fingerprint density at radius 1 is 1.06 bits per heavy atom. The molecule has 1 N–H and O–H groups in total. The molecule has 6 nitrogen and oxygen atoms in total. The summed E-state index contributed by atoms with van der Waals surface area (Å²) in [6.07, 6.45) is -5.43. The van der Waals surface area contributed by atoms with Crippen molar-refractivity contribution in [2.45, 2.75) is 19.2 Å². The van der Waals surface area contributed by atoms with Crippen molar-refractivity contribution >= 4 is 11.6 Å². The average Bonchev–Trinajstić information content (AvgIpc) is 3.24. The number of aliphatic hydroxyl groups excluding tert-OH is 1. The second kappa shape index (κ2) is 8.66. The van der Waals surface area contributed by atoms with E-state index in [0.717, 1.165) is 12.1 Å². The quantitative estimate of drug-likeness (QED) is 0.646. The van der Waals surface area contributed by atoms with Crippen LogP contribution < -0.4 is 4.90 Å². The van der Waals surface area contributed by atoms with Crippen LogP contribution in [0, 0.1) is 0 Å². The molecule has 168 valence electrons. The van der Waals surface area contributed by atoms with Crippen LogP contribution in [0.1, 0.15) is 34.7 Å². The van der Waals surface area contributed by atoms with Crippen molar-refractivity contribution in [3.05, 3.63) is 71.5 Å². The van der Waals surface area contributed by atoms with E-state index in [2.05, 4.69) is 5.16 Å². The molecule has 3 aromatic rings. The van der Waals surface area contributed by atoms with Gasteiger partial charge in [0.1, 0.15) is 17.4 Å². The van der Waals surface area contributed by atoms with Crippen LogP contribution in [0.5, 0.6) is 0 Å². The maximum Gasteiger partial charge on any atom is 0.416 e. The Hall–Kier alpha value is -3.33. The smallest absolute Gasteiger partial charge is 0.385 e. The molecule has 0 radical (unpaired) electrons. The molecule has 1 atom stereocenters. The summed E-state index contributed by atoms with van der Waals surface area (Å²) < 4.78 is 44.4. The highest BCUT2D eigenvalue weighted by Crippen LogP contribution is 2.33. The Morgan fingerprint density at radius 3 is 2.38 bits per heavy atom. The monoisotopic (exact) mass is 445 g/mol. The van der Waals surface area contributed by atoms with E-state index in [1.54, 1.807) is 23.1 Å². The Kier molecular flexibility index (Phi) is 5.92. The van der Waals surface area contributed by atoms with Crippen molar-refractivity contribution < 1.29 is 27.6 Å². The van der Waals surface area contributed by atoms with E-state index in [1.165, 1.54) is 13.0 Å². The number of anilines is 1. The molecule has 0 saturated carbocycles. The minimum atomic E-state index is -4.41. The number of aliphatic hydroxyl groups is 1. The summed E-state index contributed by atoms with van der Waals surface area (Å²) >= 11 is 0. The number of nitrogens with zero attached hydrogens (tertiary/aromatic N) is 3. The average molecular weight is 445 g/mol. The fourth-order valence-electron chi connectivity index (χ4n) is 3.79. The zero-order valence-electron chi connectivity index (χ0n) is 17.3. The first-order valence-corrected chi connectivity index (χ1v) is 10.2. The Morgan fingerprint density at radius 2 is 1.75 bits per heavy atom. The van der Waals surface area contributed by atoms with Gasteiger partial charge in [0.2, 0.25) is 0 Å². The fraction of sp³-hybridized carbons (Fsp3) is 0.304. The van der Waals surface area contributed by atoms with E-state index in [9.17, 15) is 23.1 Å². The van der Waals surface area contributed by atoms with Gasteiger partial charge in [-0.25, -0.2) is 0 Å². The van der Waals surface area contributed by atoms with Crippen LogP contribution >= 0.6 is 0 Å². The largest absolute Gasteiger partial charge is 0.416 e. The third kappa shape index (κ3) is 4.34. The number of carbonyl (C=O) groups excluding carboxylic acids is 1. The number of benzene rings is 2. The van der Waals surface area contributed by atoms with Crippen LogP contribution in [0.4, 0.5) is 18.9 Å². The van der Waals surface area contributed by atoms with Gasteiger partial charge in [-0.15, -0.1) is 0 Å². The first-order valence-electron chi connectivity index (χ1n) is 10.2. The third-order valence-electron chi connectivity index (χ3n) is 5.46. The van der Waals surface area contributed by atoms with Crippen LogP contribution in [-0.2, 0) is 6.18 Å². The van der Waals surface area contributed by atoms with E-state index in [0.29, 0.717) is 43.1 Å². The van der Waals surface area contributed by atoms with Gasteiger partial charge >= 0.3 is 6.18 Å². The molecule has 0 bridgehead atoms. The molecule has 1 aliphatic heterocycles. The lowest BCUT2D eigenvalue weighted by Crippen LogP contribution is -2.49. The highest BCUT2D eigenvalue weighted by molar-refractivity contribution is 6.01. The molecular formula is C23H22F3N3O3. The van der Waals surface area contributed by atoms with Gasteiger partial charge in [0, 0.05) is 37.4 Å². The third-order valence-corrected chi connectivity index (χ3v) is 5.46. The summed E-state index contributed by atoms with van der Waals surface area (Å²) in [4.78, 5) is 16.8. The summed E-state index contributed by atoms with van der Waals surface area (Å²) in [5.74, 6) is -0.237. The van der Waals surface area contributed by atoms with Gasteiger partial charge < -0.3 is 19.4 Å². The number of hydrogen-bond acceptors (Lipinski definition) is 5. The molecule has 9 heteroatoms. The molecule has 0 spiro atoms. The molecule has 2 aromatic carbocycles. The lowest BCUT2D eigenvalue weighted by molar-refractivity contribution is -0.137. The minimum Gasteiger partial charge on any atom is -0.385 e. The number of piperazine rings is 1. The van der Waals surface area contributed by atoms with Gasteiger partial charge in [0.25, 0.3) is 5.91 Å². The Labute approximate surface area is 182 Å². The second-order valence-electron chi connectivity index (χ2n) is 7.64. The molecule has 2 heterocycles. The molecule has 4 rings (SSSR count). The summed E-state index contributed by atoms with van der Waals surface area (Å²) in [7, 11) is 0. The summed E-state index contributed by atoms with van der Waals surface area (Å²) in [6.45, 7) is 2.88. The van der Waals surface area contributed by atoms with E-state index >= 15 is 0 Å². The summed E-state index contributed by atoms with van der Waals surface area (Å²) in [5, 5.41) is 14.1. The van der Waals surface area contributed by atoms with E-state index in [-0.39, 0.29) is 17.2 Å². The summed E-state index contributed by atoms with van der Waals surface area (Å²) in [6, 6.07) is 14.2. The maximum atomic E-state index is 13.4. The number of rotatable bonds is 4. The SMILES string of the molecule is C[C@H](O)c1onc(-c2ccccc2)c1C(=O)N1CCN(c2cccc(C(F)(F)F)c2)CC1. The van der Waals surface area contributed by atoms with Crippen molar-refractivity contribution in [1.82, 2.24) is 10.1 Å². The van der Waals surface area contributed by atoms with E-state index in [4.69, 9.17) is 4.52 Å². The predicted molar refractivity (Wildman–Crippen MR) is 112 cm³/mol. The predicted octanol–water partition coefficient (Wildman–Crippen LogP) is 4.38. The van der Waals surface area contributed by atoms with E-state index < -0.39 is 17.8 Å². The molecule has 1 aromatic heterocycles. The van der Waals surface area contributed by atoms with Gasteiger partial charge in [-0.3, -0.25) is 4.79 Å². The number of carbonyl (C=O) groups is 1. The first-order chi connectivity index (χ1) is 15.3. The van der Waals surface area contributed by atoms with Crippen molar-refractivity contribution in [2.24, 2.45) is 0 Å². The molecular weight excluding hydrogens is 423 g/mol. The molecule has 0 aliphatic carbocycles. The highest BCUT2D eigenvalue weighted by atomic mass is 19.4. The molecule has 1 amide bonds. The zero-order valence-corrected chi connectivity index (χ0v) is 17.3. The fourth-order valence-corrected chi connectivity index (χ4v) is 3.79. The molecule has 1 fully saturated rings. The van der Waals surface area contributed by atoms with Crippen LogP contribution in [0.2, 0.25) is 0 Å². The number of halogens is 3.